The number of aryl methyl sites for hydroxylation is 2. The number of hydrogen-bond donors (Lipinski definition) is 2. The Bertz CT molecular complexity index is 3680. The van der Waals surface area contributed by atoms with Crippen LogP contribution in [0.3, 0.4) is 0 Å². The van der Waals surface area contributed by atoms with Crippen molar-refractivity contribution < 1.29 is 105 Å². The summed E-state index contributed by atoms with van der Waals surface area (Å²) in [4.78, 5) is 128. The van der Waals surface area contributed by atoms with Crippen molar-refractivity contribution in [2.24, 2.45) is 11.5 Å². The molecule has 0 fully saturated rings. The van der Waals surface area contributed by atoms with Gasteiger partial charge in [0.25, 0.3) is 11.8 Å². The molecule has 0 saturated heterocycles. The summed E-state index contributed by atoms with van der Waals surface area (Å²) in [6, 6.07) is 30.1. The summed E-state index contributed by atoms with van der Waals surface area (Å²) in [5, 5.41) is 0. The highest BCUT2D eigenvalue weighted by atomic mass is 16.6. The molecule has 0 atom stereocenters. The fourth-order valence-electron chi connectivity index (χ4n) is 10.3. The summed E-state index contributed by atoms with van der Waals surface area (Å²) in [6.07, 6.45) is 17.1. The van der Waals surface area contributed by atoms with Gasteiger partial charge in [-0.1, -0.05) is 26.3 Å². The molecule has 0 aliphatic carbocycles. The zero-order valence-corrected chi connectivity index (χ0v) is 59.6. The molecule has 0 bridgehead atoms. The summed E-state index contributed by atoms with van der Waals surface area (Å²) in [5.74, 6) is -6.01. The highest BCUT2D eigenvalue weighted by molar-refractivity contribution is 6.01. The predicted octanol–water partition coefficient (Wildman–Crippen LogP) is 14.0. The van der Waals surface area contributed by atoms with Gasteiger partial charge in [0.05, 0.1) is 86.2 Å². The van der Waals surface area contributed by atoms with E-state index in [-0.39, 0.29) is 93.2 Å². The number of carbonyl (C=O) groups is 10. The van der Waals surface area contributed by atoms with Crippen LogP contribution < -0.4 is 49.4 Å². The molecule has 24 heteroatoms. The Morgan fingerprint density at radius 2 is 0.500 bits per heavy atom. The van der Waals surface area contributed by atoms with Crippen molar-refractivity contribution in [1.82, 2.24) is 0 Å². The van der Waals surface area contributed by atoms with E-state index in [0.717, 1.165) is 88.5 Å². The minimum absolute atomic E-state index is 0.0265. The number of nitrogens with two attached hydrogens (primary N) is 2. The Hall–Kier alpha value is -11.8. The van der Waals surface area contributed by atoms with Gasteiger partial charge in [-0.3, -0.25) is 9.59 Å². The van der Waals surface area contributed by atoms with Crippen molar-refractivity contribution in [3.05, 3.63) is 216 Å². The number of primary amides is 2. The molecule has 0 unspecified atom stereocenters. The smallest absolute Gasteiger partial charge is 0.343 e. The average Bonchev–Trinajstić information content (AvgIpc) is 0.805. The van der Waals surface area contributed by atoms with E-state index in [9.17, 15) is 47.9 Å². The molecule has 0 radical (unpaired) electrons. The quantitative estimate of drug-likeness (QED) is 0.0118. The lowest BCUT2D eigenvalue weighted by atomic mass is 9.98. The summed E-state index contributed by atoms with van der Waals surface area (Å²) in [7, 11) is 0. The molecule has 0 aromatic heterocycles. The maximum Gasteiger partial charge on any atom is 0.343 e. The standard InChI is InChI=1S/C82H92N2O22/c1-5-71(85)99-49-23-13-9-19-45-95-63-37-29-57(30-38-63)79(91)103-67-53-61(75(69(55-67)77(83)89)105-81(93)59-33-41-65(42-34-59)97-47-21-11-15-25-51-101-73(87)7-3)27-17-18-28-62-54-68(104-80(92)58-31-39-64(40-32-58)96-46-20-10-14-24-50-100-72(86)6-2)56-70(78(84)90)76(62)106-82(94)60-35-43-66(44-36-60)98-48-22-12-16-26-52-102-74(88)8-4/h5-8,29-44,53-56H,1-4,9-28,45-52H2,(H2,83,89)(H2,84,90). The van der Waals surface area contributed by atoms with Gasteiger partial charge in [-0.05, 0) is 261 Å². The van der Waals surface area contributed by atoms with Crippen LogP contribution in [0.4, 0.5) is 0 Å². The molecular weight excluding hydrogens is 1360 g/mol. The molecule has 0 aliphatic rings. The third-order valence-corrected chi connectivity index (χ3v) is 16.0. The maximum atomic E-state index is 14.1. The Morgan fingerprint density at radius 1 is 0.274 bits per heavy atom. The van der Waals surface area contributed by atoms with Crippen molar-refractivity contribution in [2.45, 2.75) is 128 Å². The van der Waals surface area contributed by atoms with Gasteiger partial charge < -0.3 is 68.3 Å². The molecule has 106 heavy (non-hydrogen) atoms. The average molecular weight is 1460 g/mol. The second-order valence-corrected chi connectivity index (χ2v) is 24.0. The van der Waals surface area contributed by atoms with Crippen molar-refractivity contribution in [2.75, 3.05) is 52.9 Å². The van der Waals surface area contributed by atoms with Gasteiger partial charge >= 0.3 is 47.8 Å². The molecule has 0 spiro atoms. The Morgan fingerprint density at radius 3 is 0.726 bits per heavy atom. The number of esters is 8. The molecular formula is C82H92N2O22. The highest BCUT2D eigenvalue weighted by Gasteiger charge is 2.26. The fourth-order valence-corrected chi connectivity index (χ4v) is 10.3. The van der Waals surface area contributed by atoms with E-state index in [1.807, 2.05) is 0 Å². The number of rotatable bonds is 51. The summed E-state index contributed by atoms with van der Waals surface area (Å²) < 4.78 is 67.5. The first-order valence-corrected chi connectivity index (χ1v) is 35.3. The second-order valence-electron chi connectivity index (χ2n) is 24.0. The first kappa shape index (κ1) is 83.1. The van der Waals surface area contributed by atoms with E-state index < -0.39 is 59.6 Å². The second kappa shape index (κ2) is 46.7. The van der Waals surface area contributed by atoms with Crippen LogP contribution in [-0.4, -0.2) is 112 Å². The van der Waals surface area contributed by atoms with E-state index >= 15 is 0 Å². The van der Waals surface area contributed by atoms with Crippen molar-refractivity contribution in [3.63, 3.8) is 0 Å². The van der Waals surface area contributed by atoms with Crippen LogP contribution in [0.25, 0.3) is 0 Å². The Kier molecular flexibility index (Phi) is 36.6. The third-order valence-electron chi connectivity index (χ3n) is 16.0. The zero-order chi connectivity index (χ0) is 76.3. The van der Waals surface area contributed by atoms with Crippen molar-refractivity contribution >= 4 is 59.6 Å². The first-order valence-electron chi connectivity index (χ1n) is 35.3. The minimum Gasteiger partial charge on any atom is -0.494 e. The number of carbonyl (C=O) groups excluding carboxylic acids is 10. The molecule has 2 amide bonds. The maximum absolute atomic E-state index is 14.1. The zero-order valence-electron chi connectivity index (χ0n) is 59.6. The van der Waals surface area contributed by atoms with Crippen LogP contribution in [0.15, 0.2) is 172 Å². The van der Waals surface area contributed by atoms with Gasteiger partial charge in [0.1, 0.15) is 46.0 Å². The van der Waals surface area contributed by atoms with Crippen LogP contribution in [0.1, 0.15) is 189 Å². The molecule has 6 aromatic carbocycles. The van der Waals surface area contributed by atoms with E-state index in [2.05, 4.69) is 26.3 Å². The minimum atomic E-state index is -1.02. The summed E-state index contributed by atoms with van der Waals surface area (Å²) >= 11 is 0. The van der Waals surface area contributed by atoms with E-state index in [0.29, 0.717) is 114 Å². The summed E-state index contributed by atoms with van der Waals surface area (Å²) in [5.41, 5.74) is 12.3. The lowest BCUT2D eigenvalue weighted by molar-refractivity contribution is -0.138. The Balaban J connectivity index is 1.22. The lowest BCUT2D eigenvalue weighted by Gasteiger charge is -2.17. The molecule has 562 valence electrons. The van der Waals surface area contributed by atoms with Gasteiger partial charge in [0.15, 0.2) is 0 Å². The monoisotopic (exact) mass is 1460 g/mol. The third kappa shape index (κ3) is 30.2. The van der Waals surface area contributed by atoms with E-state index in [4.69, 9.17) is 68.3 Å². The normalized spacial score (nSPS) is 10.6. The summed E-state index contributed by atoms with van der Waals surface area (Å²) in [6.45, 7) is 16.3. The highest BCUT2D eigenvalue weighted by Crippen LogP contribution is 2.36. The van der Waals surface area contributed by atoms with E-state index in [1.165, 1.54) is 72.8 Å². The molecule has 0 aliphatic heterocycles. The molecule has 24 nitrogen and oxygen atoms in total. The number of unbranched alkanes of at least 4 members (excludes halogenated alkanes) is 13. The van der Waals surface area contributed by atoms with Gasteiger partial charge in [-0.2, -0.15) is 0 Å². The van der Waals surface area contributed by atoms with Crippen molar-refractivity contribution in [1.29, 1.82) is 0 Å². The van der Waals surface area contributed by atoms with Gasteiger partial charge in [-0.25, -0.2) is 38.4 Å². The number of ether oxygens (including phenoxy) is 12. The molecule has 0 heterocycles. The van der Waals surface area contributed by atoms with Crippen LogP contribution in [0, 0.1) is 0 Å². The molecule has 6 rings (SSSR count). The first-order chi connectivity index (χ1) is 51.4. The SMILES string of the molecule is C=CC(=O)OCCCCCCOc1ccc(C(=O)Oc2cc(CCCCc3cc(OC(=O)c4ccc(OCCCCCCOC(=O)C=C)cc4)cc(C(N)=O)c3OC(=O)c3ccc(OCCCCCCOC(=O)C=C)cc3)c(OC(=O)c3ccc(OCCCCCCOC(=O)C=C)cc3)c(C(N)=O)c2)cc1. The molecule has 4 N–H and O–H groups in total. The number of benzene rings is 6. The van der Waals surface area contributed by atoms with E-state index in [1.54, 1.807) is 48.5 Å². The van der Waals surface area contributed by atoms with Gasteiger partial charge in [0.2, 0.25) is 0 Å². The van der Waals surface area contributed by atoms with Crippen LogP contribution in [0.2, 0.25) is 0 Å². The number of amides is 2. The van der Waals surface area contributed by atoms with Gasteiger partial charge in [0, 0.05) is 24.3 Å². The number of hydrogen-bond acceptors (Lipinski definition) is 22. The van der Waals surface area contributed by atoms with Crippen LogP contribution in [0.5, 0.6) is 46.0 Å². The van der Waals surface area contributed by atoms with Crippen LogP contribution in [-0.2, 0) is 51.0 Å². The Labute approximate surface area is 616 Å². The topological polar surface area (TPSA) is 333 Å². The molecule has 0 saturated carbocycles. The molecule has 6 aromatic rings. The fraction of sp³-hybridized carbons (Fsp3) is 0.341. The van der Waals surface area contributed by atoms with Gasteiger partial charge in [-0.15, -0.1) is 0 Å². The van der Waals surface area contributed by atoms with Crippen LogP contribution >= 0.6 is 0 Å². The van der Waals surface area contributed by atoms with Crippen molar-refractivity contribution in [3.8, 4) is 46.0 Å². The largest absolute Gasteiger partial charge is 0.494 e. The predicted molar refractivity (Wildman–Crippen MR) is 393 cm³/mol. The lowest BCUT2D eigenvalue weighted by Crippen LogP contribution is -2.19.